The van der Waals surface area contributed by atoms with Crippen molar-refractivity contribution in [1.82, 2.24) is 0 Å². The molecule has 0 aliphatic heterocycles. The van der Waals surface area contributed by atoms with Crippen LogP contribution in [0.25, 0.3) is 0 Å². The summed E-state index contributed by atoms with van der Waals surface area (Å²) in [5, 5.41) is 2.75. The van der Waals surface area contributed by atoms with Crippen LogP contribution in [0, 0.1) is 13.8 Å². The number of hydrogen-bond acceptors (Lipinski definition) is 1. The summed E-state index contributed by atoms with van der Waals surface area (Å²) in [7, 11) is 0. The molecular weight excluding hydrogens is 150 g/mol. The first kappa shape index (κ1) is 8.78. The van der Waals surface area contributed by atoms with Crippen LogP contribution >= 0.6 is 0 Å². The van der Waals surface area contributed by atoms with Gasteiger partial charge in [0.2, 0.25) is 5.91 Å². The third-order valence-electron chi connectivity index (χ3n) is 1.54. The summed E-state index contributed by atoms with van der Waals surface area (Å²) in [5.74, 6) is -0.0278. The number of amides is 1. The lowest BCUT2D eigenvalue weighted by molar-refractivity contribution is -0.114. The van der Waals surface area contributed by atoms with Gasteiger partial charge in [0.05, 0.1) is 0 Å². The molecule has 0 saturated carbocycles. The Hall–Kier alpha value is -1.31. The Morgan fingerprint density at radius 1 is 1.17 bits per heavy atom. The van der Waals surface area contributed by atoms with Crippen molar-refractivity contribution in [3.8, 4) is 0 Å². The number of rotatable bonds is 1. The van der Waals surface area contributed by atoms with Crippen molar-refractivity contribution in [1.29, 1.82) is 0 Å². The van der Waals surface area contributed by atoms with Crippen LogP contribution in [0.5, 0.6) is 0 Å². The molecule has 0 saturated heterocycles. The van der Waals surface area contributed by atoms with Crippen LogP contribution in [0.1, 0.15) is 18.1 Å². The number of anilines is 1. The van der Waals surface area contributed by atoms with Gasteiger partial charge in [-0.25, -0.2) is 0 Å². The van der Waals surface area contributed by atoms with Gasteiger partial charge in [0.1, 0.15) is 0 Å². The van der Waals surface area contributed by atoms with E-state index in [2.05, 4.69) is 11.4 Å². The highest BCUT2D eigenvalue weighted by Gasteiger charge is 1.96. The van der Waals surface area contributed by atoms with Gasteiger partial charge < -0.3 is 5.32 Å². The standard InChI is InChI=1S/C10H13NO/c1-7-4-8(2)6-10(5-7)11-9(3)12/h4-6H,1-3H3,(H,11,12). The Bertz CT molecular complexity index is 284. The van der Waals surface area contributed by atoms with Crippen LogP contribution < -0.4 is 5.32 Å². The Labute approximate surface area is 72.6 Å². The molecule has 0 fully saturated rings. The zero-order valence-electron chi connectivity index (χ0n) is 7.64. The molecule has 0 bridgehead atoms. The Morgan fingerprint density at radius 3 is 2.08 bits per heavy atom. The van der Waals surface area contributed by atoms with E-state index in [-0.39, 0.29) is 5.91 Å². The maximum absolute atomic E-state index is 10.7. The average Bonchev–Trinajstić information content (AvgIpc) is 1.81. The second-order valence-corrected chi connectivity index (χ2v) is 3.06. The van der Waals surface area contributed by atoms with Crippen LogP contribution in [0.3, 0.4) is 0 Å². The van der Waals surface area contributed by atoms with Crippen molar-refractivity contribution >= 4 is 11.6 Å². The third kappa shape index (κ3) is 2.38. The van der Waals surface area contributed by atoms with E-state index < -0.39 is 0 Å². The number of carbonyl (C=O) groups excluding carboxylic acids is 1. The summed E-state index contributed by atoms with van der Waals surface area (Å²) in [6, 6.07) is 5.98. The highest BCUT2D eigenvalue weighted by atomic mass is 16.1. The second kappa shape index (κ2) is 3.39. The van der Waals surface area contributed by atoms with Crippen LogP contribution in [0.4, 0.5) is 5.69 Å². The first-order valence-corrected chi connectivity index (χ1v) is 3.94. The van der Waals surface area contributed by atoms with Gasteiger partial charge in [-0.3, -0.25) is 4.79 Å². The molecule has 1 amide bonds. The summed E-state index contributed by atoms with van der Waals surface area (Å²) in [5.41, 5.74) is 3.21. The Kier molecular flexibility index (Phi) is 2.48. The van der Waals surface area contributed by atoms with Gasteiger partial charge in [-0.1, -0.05) is 6.07 Å². The van der Waals surface area contributed by atoms with Gasteiger partial charge in [0.15, 0.2) is 0 Å². The van der Waals surface area contributed by atoms with Gasteiger partial charge in [-0.15, -0.1) is 0 Å². The van der Waals surface area contributed by atoms with E-state index in [4.69, 9.17) is 0 Å². The number of benzene rings is 1. The van der Waals surface area contributed by atoms with E-state index in [1.165, 1.54) is 18.1 Å². The molecule has 0 atom stereocenters. The normalized spacial score (nSPS) is 9.58. The fourth-order valence-electron chi connectivity index (χ4n) is 1.25. The predicted molar refractivity (Wildman–Crippen MR) is 50.2 cm³/mol. The van der Waals surface area contributed by atoms with Crippen molar-refractivity contribution in [3.05, 3.63) is 29.3 Å². The number of aryl methyl sites for hydroxylation is 2. The lowest BCUT2D eigenvalue weighted by Crippen LogP contribution is -2.05. The van der Waals surface area contributed by atoms with Crippen LogP contribution in [-0.4, -0.2) is 5.91 Å². The molecule has 2 nitrogen and oxygen atoms in total. The SMILES string of the molecule is CC(=O)Nc1cc(C)cc(C)c1. The molecule has 0 aliphatic rings. The van der Waals surface area contributed by atoms with Crippen LogP contribution in [0.2, 0.25) is 0 Å². The second-order valence-electron chi connectivity index (χ2n) is 3.06. The van der Waals surface area contributed by atoms with Gasteiger partial charge >= 0.3 is 0 Å². The lowest BCUT2D eigenvalue weighted by atomic mass is 10.1. The summed E-state index contributed by atoms with van der Waals surface area (Å²) in [6.07, 6.45) is 0. The van der Waals surface area contributed by atoms with Crippen molar-refractivity contribution in [2.75, 3.05) is 5.32 Å². The Morgan fingerprint density at radius 2 is 1.67 bits per heavy atom. The van der Waals surface area contributed by atoms with Crippen molar-refractivity contribution in [2.45, 2.75) is 20.8 Å². The first-order valence-electron chi connectivity index (χ1n) is 3.94. The predicted octanol–water partition coefficient (Wildman–Crippen LogP) is 2.26. The maximum Gasteiger partial charge on any atom is 0.221 e. The maximum atomic E-state index is 10.7. The van der Waals surface area contributed by atoms with Crippen molar-refractivity contribution < 1.29 is 4.79 Å². The number of hydrogen-bond donors (Lipinski definition) is 1. The zero-order chi connectivity index (χ0) is 9.14. The zero-order valence-corrected chi connectivity index (χ0v) is 7.64. The average molecular weight is 163 g/mol. The third-order valence-corrected chi connectivity index (χ3v) is 1.54. The molecule has 0 heterocycles. The molecule has 1 aromatic carbocycles. The highest BCUT2D eigenvalue weighted by Crippen LogP contribution is 2.13. The topological polar surface area (TPSA) is 29.1 Å². The quantitative estimate of drug-likeness (QED) is 0.676. The molecule has 64 valence electrons. The number of carbonyl (C=O) groups is 1. The van der Waals surface area contributed by atoms with Gasteiger partial charge in [-0.05, 0) is 37.1 Å². The molecule has 12 heavy (non-hydrogen) atoms. The monoisotopic (exact) mass is 163 g/mol. The molecule has 1 rings (SSSR count). The minimum atomic E-state index is -0.0278. The molecule has 1 aromatic rings. The van der Waals surface area contributed by atoms with Crippen LogP contribution in [0.15, 0.2) is 18.2 Å². The fraction of sp³-hybridized carbons (Fsp3) is 0.300. The summed E-state index contributed by atoms with van der Waals surface area (Å²) < 4.78 is 0. The summed E-state index contributed by atoms with van der Waals surface area (Å²) >= 11 is 0. The van der Waals surface area contributed by atoms with E-state index in [1.807, 2.05) is 26.0 Å². The van der Waals surface area contributed by atoms with Crippen LogP contribution in [-0.2, 0) is 4.79 Å². The summed E-state index contributed by atoms with van der Waals surface area (Å²) in [6.45, 7) is 5.54. The molecule has 0 aliphatic carbocycles. The Balaban J connectivity index is 2.93. The minimum absolute atomic E-state index is 0.0278. The van der Waals surface area contributed by atoms with E-state index in [0.29, 0.717) is 0 Å². The van der Waals surface area contributed by atoms with Gasteiger partial charge in [0, 0.05) is 12.6 Å². The van der Waals surface area contributed by atoms with E-state index in [0.717, 1.165) is 5.69 Å². The van der Waals surface area contributed by atoms with Gasteiger partial charge in [0.25, 0.3) is 0 Å². The van der Waals surface area contributed by atoms with Crippen molar-refractivity contribution in [2.24, 2.45) is 0 Å². The largest absolute Gasteiger partial charge is 0.326 e. The summed E-state index contributed by atoms with van der Waals surface area (Å²) in [4.78, 5) is 10.7. The molecular formula is C10H13NO. The first-order chi connectivity index (χ1) is 5.58. The smallest absolute Gasteiger partial charge is 0.221 e. The molecule has 0 radical (unpaired) electrons. The van der Waals surface area contributed by atoms with Gasteiger partial charge in [-0.2, -0.15) is 0 Å². The molecule has 2 heteroatoms. The van der Waals surface area contributed by atoms with E-state index in [1.54, 1.807) is 0 Å². The lowest BCUT2D eigenvalue weighted by Gasteiger charge is -2.04. The van der Waals surface area contributed by atoms with Crippen molar-refractivity contribution in [3.63, 3.8) is 0 Å². The molecule has 0 spiro atoms. The molecule has 0 unspecified atom stereocenters. The molecule has 1 N–H and O–H groups in total. The fourth-order valence-corrected chi connectivity index (χ4v) is 1.25. The highest BCUT2D eigenvalue weighted by molar-refractivity contribution is 5.88. The number of nitrogens with one attached hydrogen (secondary N) is 1. The minimum Gasteiger partial charge on any atom is -0.326 e. The van der Waals surface area contributed by atoms with E-state index >= 15 is 0 Å². The van der Waals surface area contributed by atoms with E-state index in [9.17, 15) is 4.79 Å². The molecule has 0 aromatic heterocycles.